The number of hydrogen-bond donors (Lipinski definition) is 1. The van der Waals surface area contributed by atoms with Gasteiger partial charge in [-0.15, -0.1) is 0 Å². The molecule has 1 aliphatic carbocycles. The Morgan fingerprint density at radius 1 is 1.64 bits per heavy atom. The van der Waals surface area contributed by atoms with E-state index in [1.807, 2.05) is 16.9 Å². The van der Waals surface area contributed by atoms with Gasteiger partial charge in [-0.2, -0.15) is 5.10 Å². The minimum Gasteiger partial charge on any atom is -0.325 e. The zero-order valence-corrected chi connectivity index (χ0v) is 6.53. The van der Waals surface area contributed by atoms with E-state index in [0.29, 0.717) is 12.6 Å². The summed E-state index contributed by atoms with van der Waals surface area (Å²) in [7, 11) is 0. The molecule has 11 heavy (non-hydrogen) atoms. The van der Waals surface area contributed by atoms with E-state index < -0.39 is 0 Å². The van der Waals surface area contributed by atoms with Gasteiger partial charge in [-0.05, 0) is 25.3 Å². The van der Waals surface area contributed by atoms with Gasteiger partial charge >= 0.3 is 0 Å². The first kappa shape index (κ1) is 6.85. The lowest BCUT2D eigenvalue weighted by molar-refractivity contribution is 0.288. The molecule has 3 heteroatoms. The summed E-state index contributed by atoms with van der Waals surface area (Å²) < 4.78 is 2.05. The topological polar surface area (TPSA) is 43.8 Å². The highest BCUT2D eigenvalue weighted by atomic mass is 15.3. The molecule has 0 unspecified atom stereocenters. The van der Waals surface area contributed by atoms with Gasteiger partial charge in [0, 0.05) is 12.7 Å². The molecule has 1 fully saturated rings. The van der Waals surface area contributed by atoms with Gasteiger partial charge in [0.1, 0.15) is 0 Å². The van der Waals surface area contributed by atoms with Crippen molar-refractivity contribution in [3.8, 4) is 0 Å². The zero-order chi connectivity index (χ0) is 7.68. The van der Waals surface area contributed by atoms with E-state index >= 15 is 0 Å². The largest absolute Gasteiger partial charge is 0.325 e. The van der Waals surface area contributed by atoms with Crippen LogP contribution in [0.2, 0.25) is 0 Å². The molecule has 2 N–H and O–H groups in total. The van der Waals surface area contributed by atoms with Crippen molar-refractivity contribution in [2.45, 2.75) is 31.8 Å². The normalized spacial score (nSPS) is 18.3. The number of hydrogen-bond acceptors (Lipinski definition) is 2. The Hall–Kier alpha value is -0.830. The summed E-state index contributed by atoms with van der Waals surface area (Å²) in [6.45, 7) is 0.555. The van der Waals surface area contributed by atoms with E-state index in [4.69, 9.17) is 5.73 Å². The Kier molecular flexibility index (Phi) is 1.66. The molecule has 1 heterocycles. The van der Waals surface area contributed by atoms with Crippen LogP contribution < -0.4 is 5.73 Å². The van der Waals surface area contributed by atoms with Crippen molar-refractivity contribution in [1.82, 2.24) is 9.78 Å². The van der Waals surface area contributed by atoms with Gasteiger partial charge < -0.3 is 5.73 Å². The van der Waals surface area contributed by atoms with Crippen molar-refractivity contribution >= 4 is 0 Å². The molecule has 3 nitrogen and oxygen atoms in total. The van der Waals surface area contributed by atoms with Crippen LogP contribution in [0.1, 0.15) is 31.0 Å². The third-order valence-corrected chi connectivity index (χ3v) is 2.32. The molecule has 0 atom stereocenters. The maximum Gasteiger partial charge on any atom is 0.0760 e. The van der Waals surface area contributed by atoms with Crippen LogP contribution in [0.3, 0.4) is 0 Å². The molecule has 0 spiro atoms. The van der Waals surface area contributed by atoms with Crippen molar-refractivity contribution in [1.29, 1.82) is 0 Å². The summed E-state index contributed by atoms with van der Waals surface area (Å²) in [6.07, 6.45) is 5.95. The summed E-state index contributed by atoms with van der Waals surface area (Å²) in [5, 5.41) is 4.34. The van der Waals surface area contributed by atoms with E-state index in [-0.39, 0.29) is 0 Å². The molecule has 1 aromatic heterocycles. The maximum absolute atomic E-state index is 5.45. The molecule has 1 aromatic rings. The van der Waals surface area contributed by atoms with E-state index in [1.165, 1.54) is 19.3 Å². The zero-order valence-electron chi connectivity index (χ0n) is 6.53. The van der Waals surface area contributed by atoms with Crippen molar-refractivity contribution < 1.29 is 0 Å². The molecule has 0 aromatic carbocycles. The third kappa shape index (κ3) is 1.16. The predicted octanol–water partition coefficient (Wildman–Crippen LogP) is 1.07. The van der Waals surface area contributed by atoms with Crippen molar-refractivity contribution in [2.24, 2.45) is 5.73 Å². The van der Waals surface area contributed by atoms with Gasteiger partial charge in [-0.1, -0.05) is 0 Å². The molecule has 0 amide bonds. The summed E-state index contributed by atoms with van der Waals surface area (Å²) in [5.74, 6) is 0. The van der Waals surface area contributed by atoms with Gasteiger partial charge in [0.25, 0.3) is 0 Å². The fraction of sp³-hybridized carbons (Fsp3) is 0.625. The van der Waals surface area contributed by atoms with Crippen LogP contribution in [0.5, 0.6) is 0 Å². The predicted molar refractivity (Wildman–Crippen MR) is 43.0 cm³/mol. The number of aromatic nitrogens is 2. The second kappa shape index (κ2) is 2.66. The van der Waals surface area contributed by atoms with Gasteiger partial charge in [0.2, 0.25) is 0 Å². The lowest BCUT2D eigenvalue weighted by atomic mass is 9.93. The molecule has 0 bridgehead atoms. The highest BCUT2D eigenvalue weighted by Gasteiger charge is 2.19. The van der Waals surface area contributed by atoms with Gasteiger partial charge in [0.15, 0.2) is 0 Å². The number of nitrogens with zero attached hydrogens (tertiary/aromatic N) is 2. The van der Waals surface area contributed by atoms with Gasteiger partial charge in [-0.3, -0.25) is 4.68 Å². The Labute approximate surface area is 66.2 Å². The average molecular weight is 151 g/mol. The van der Waals surface area contributed by atoms with E-state index in [0.717, 1.165) is 5.69 Å². The van der Waals surface area contributed by atoms with Crippen LogP contribution in [-0.4, -0.2) is 9.78 Å². The molecule has 2 rings (SSSR count). The molecule has 60 valence electrons. The minimum absolute atomic E-state index is 0.555. The fourth-order valence-corrected chi connectivity index (χ4v) is 1.34. The SMILES string of the molecule is NCc1ccn(C2CCC2)n1. The van der Waals surface area contributed by atoms with E-state index in [1.54, 1.807) is 0 Å². The molecule has 1 aliphatic rings. The first-order valence-corrected chi connectivity index (χ1v) is 4.14. The van der Waals surface area contributed by atoms with E-state index in [2.05, 4.69) is 5.10 Å². The first-order chi connectivity index (χ1) is 5.40. The van der Waals surface area contributed by atoms with Gasteiger partial charge in [-0.25, -0.2) is 0 Å². The van der Waals surface area contributed by atoms with Crippen LogP contribution in [-0.2, 0) is 6.54 Å². The standard InChI is InChI=1S/C8H13N3/c9-6-7-4-5-11(10-7)8-2-1-3-8/h4-5,8H,1-3,6,9H2. The van der Waals surface area contributed by atoms with Crippen molar-refractivity contribution in [2.75, 3.05) is 0 Å². The molecule has 1 saturated carbocycles. The highest BCUT2D eigenvalue weighted by Crippen LogP contribution is 2.30. The lowest BCUT2D eigenvalue weighted by Gasteiger charge is -2.25. The maximum atomic E-state index is 5.45. The Morgan fingerprint density at radius 2 is 2.45 bits per heavy atom. The van der Waals surface area contributed by atoms with Crippen LogP contribution >= 0.6 is 0 Å². The Balaban J connectivity index is 2.11. The first-order valence-electron chi connectivity index (χ1n) is 4.14. The summed E-state index contributed by atoms with van der Waals surface area (Å²) in [5.41, 5.74) is 6.44. The number of rotatable bonds is 2. The molecule has 0 radical (unpaired) electrons. The van der Waals surface area contributed by atoms with Crippen LogP contribution in [0, 0.1) is 0 Å². The Bertz CT molecular complexity index is 237. The second-order valence-electron chi connectivity index (χ2n) is 3.08. The summed E-state index contributed by atoms with van der Waals surface area (Å²) in [6, 6.07) is 2.66. The molecular formula is C8H13N3. The molecule has 0 saturated heterocycles. The van der Waals surface area contributed by atoms with Crippen LogP contribution in [0.15, 0.2) is 12.3 Å². The third-order valence-electron chi connectivity index (χ3n) is 2.32. The van der Waals surface area contributed by atoms with Crippen LogP contribution in [0.4, 0.5) is 0 Å². The lowest BCUT2D eigenvalue weighted by Crippen LogP contribution is -2.17. The molecular weight excluding hydrogens is 138 g/mol. The monoisotopic (exact) mass is 151 g/mol. The van der Waals surface area contributed by atoms with Crippen LogP contribution in [0.25, 0.3) is 0 Å². The Morgan fingerprint density at radius 3 is 2.91 bits per heavy atom. The van der Waals surface area contributed by atoms with Crippen molar-refractivity contribution in [3.63, 3.8) is 0 Å². The highest BCUT2D eigenvalue weighted by molar-refractivity contribution is 4.99. The van der Waals surface area contributed by atoms with Gasteiger partial charge in [0.05, 0.1) is 11.7 Å². The minimum atomic E-state index is 0.555. The fourth-order valence-electron chi connectivity index (χ4n) is 1.34. The summed E-state index contributed by atoms with van der Waals surface area (Å²) in [4.78, 5) is 0. The quantitative estimate of drug-likeness (QED) is 0.687. The van der Waals surface area contributed by atoms with Crippen molar-refractivity contribution in [3.05, 3.63) is 18.0 Å². The molecule has 0 aliphatic heterocycles. The second-order valence-corrected chi connectivity index (χ2v) is 3.08. The number of nitrogens with two attached hydrogens (primary N) is 1. The van der Waals surface area contributed by atoms with E-state index in [9.17, 15) is 0 Å². The summed E-state index contributed by atoms with van der Waals surface area (Å²) >= 11 is 0. The average Bonchev–Trinajstić information content (AvgIpc) is 2.32. The smallest absolute Gasteiger partial charge is 0.0760 e.